The van der Waals surface area contributed by atoms with Gasteiger partial charge in [0.1, 0.15) is 22.7 Å². The first-order valence-corrected chi connectivity index (χ1v) is 8.87. The fourth-order valence-electron chi connectivity index (χ4n) is 3.36. The van der Waals surface area contributed by atoms with Crippen molar-refractivity contribution in [3.05, 3.63) is 35.9 Å². The summed E-state index contributed by atoms with van der Waals surface area (Å²) in [5, 5.41) is 0. The molecule has 0 aliphatic rings. The smallest absolute Gasteiger partial charge is 0.188 e. The molecule has 0 saturated carbocycles. The highest BCUT2D eigenvalue weighted by Gasteiger charge is 2.15. The van der Waals surface area contributed by atoms with Gasteiger partial charge >= 0.3 is 0 Å². The maximum absolute atomic E-state index is 5.46. The topological polar surface area (TPSA) is 94.3 Å². The molecule has 0 spiro atoms. The van der Waals surface area contributed by atoms with Crippen LogP contribution >= 0.6 is 0 Å². The van der Waals surface area contributed by atoms with Crippen LogP contribution in [-0.4, -0.2) is 48.4 Å². The van der Waals surface area contributed by atoms with Crippen LogP contribution in [0, 0.1) is 0 Å². The number of nitrogens with one attached hydrogen (secondary N) is 2. The molecule has 146 valence electrons. The number of aromatic amines is 2. The van der Waals surface area contributed by atoms with E-state index in [0.717, 1.165) is 33.7 Å². The predicted molar refractivity (Wildman–Crippen MR) is 106 cm³/mol. The van der Waals surface area contributed by atoms with Crippen LogP contribution in [0.1, 0.15) is 11.6 Å². The van der Waals surface area contributed by atoms with Crippen LogP contribution in [0.3, 0.4) is 0 Å². The minimum Gasteiger partial charge on any atom is -0.493 e. The van der Waals surface area contributed by atoms with Crippen molar-refractivity contribution < 1.29 is 18.9 Å². The van der Waals surface area contributed by atoms with Gasteiger partial charge in [0.05, 0.1) is 39.5 Å². The Morgan fingerprint density at radius 1 is 0.643 bits per heavy atom. The molecule has 2 heterocycles. The summed E-state index contributed by atoms with van der Waals surface area (Å²) in [6, 6.07) is 7.60. The van der Waals surface area contributed by atoms with Crippen molar-refractivity contribution in [1.29, 1.82) is 0 Å². The van der Waals surface area contributed by atoms with Crippen LogP contribution < -0.4 is 18.9 Å². The van der Waals surface area contributed by atoms with Gasteiger partial charge in [-0.05, 0) is 24.3 Å². The number of rotatable bonds is 7. The molecule has 0 aliphatic carbocycles. The summed E-state index contributed by atoms with van der Waals surface area (Å²) >= 11 is 0. The van der Waals surface area contributed by atoms with E-state index in [2.05, 4.69) is 19.9 Å². The molecule has 8 nitrogen and oxygen atoms in total. The highest BCUT2D eigenvalue weighted by atomic mass is 16.5. The van der Waals surface area contributed by atoms with Gasteiger partial charge in [0.15, 0.2) is 23.0 Å². The van der Waals surface area contributed by atoms with Gasteiger partial charge in [0.25, 0.3) is 0 Å². The second-order valence-electron chi connectivity index (χ2n) is 6.26. The van der Waals surface area contributed by atoms with Crippen LogP contribution in [0.5, 0.6) is 23.0 Å². The minimum absolute atomic E-state index is 0.628. The third kappa shape index (κ3) is 2.96. The van der Waals surface area contributed by atoms with Crippen molar-refractivity contribution in [2.75, 3.05) is 28.4 Å². The van der Waals surface area contributed by atoms with Crippen LogP contribution in [0.4, 0.5) is 0 Å². The first-order chi connectivity index (χ1) is 13.7. The van der Waals surface area contributed by atoms with Gasteiger partial charge < -0.3 is 28.9 Å². The van der Waals surface area contributed by atoms with Gasteiger partial charge in [-0.15, -0.1) is 0 Å². The molecule has 2 N–H and O–H groups in total. The Balaban J connectivity index is 1.61. The van der Waals surface area contributed by atoms with Gasteiger partial charge in [-0.2, -0.15) is 0 Å². The van der Waals surface area contributed by atoms with Crippen molar-refractivity contribution >= 4 is 22.1 Å². The van der Waals surface area contributed by atoms with Crippen LogP contribution in [0.2, 0.25) is 0 Å². The second kappa shape index (κ2) is 7.30. The Kier molecular flexibility index (Phi) is 4.68. The molecule has 0 radical (unpaired) electrons. The summed E-state index contributed by atoms with van der Waals surface area (Å²) in [5.41, 5.74) is 3.33. The summed E-state index contributed by atoms with van der Waals surface area (Å²) in [6.07, 6.45) is 1.39. The highest BCUT2D eigenvalue weighted by molar-refractivity contribution is 5.85. The van der Waals surface area contributed by atoms with E-state index in [0.29, 0.717) is 35.8 Å². The van der Waals surface area contributed by atoms with Gasteiger partial charge in [0, 0.05) is 12.8 Å². The highest BCUT2D eigenvalue weighted by Crippen LogP contribution is 2.35. The zero-order valence-electron chi connectivity index (χ0n) is 16.3. The lowest BCUT2D eigenvalue weighted by atomic mass is 10.2. The SMILES string of the molecule is COc1ccc2[nH]c(CCc3nc4c(OC)c(OC)ccc4[nH]3)nc2c1OC. The lowest BCUT2D eigenvalue weighted by molar-refractivity contribution is 0.358. The van der Waals surface area contributed by atoms with E-state index < -0.39 is 0 Å². The van der Waals surface area contributed by atoms with Crippen LogP contribution in [0.25, 0.3) is 22.1 Å². The molecule has 2 aromatic carbocycles. The average Bonchev–Trinajstić information content (AvgIpc) is 3.33. The first kappa shape index (κ1) is 18.0. The maximum Gasteiger partial charge on any atom is 0.188 e. The van der Waals surface area contributed by atoms with Gasteiger partial charge in [0.2, 0.25) is 0 Å². The third-order valence-corrected chi connectivity index (χ3v) is 4.69. The number of methoxy groups -OCH3 is 4. The summed E-state index contributed by atoms with van der Waals surface area (Å²) in [5.74, 6) is 4.28. The first-order valence-electron chi connectivity index (χ1n) is 8.87. The Hall–Kier alpha value is -3.42. The number of H-pyrrole nitrogens is 2. The molecule has 4 rings (SSSR count). The Bertz CT molecular complexity index is 1040. The number of aryl methyl sites for hydroxylation is 2. The summed E-state index contributed by atoms with van der Waals surface area (Å²) in [7, 11) is 6.45. The van der Waals surface area contributed by atoms with E-state index in [1.54, 1.807) is 28.4 Å². The van der Waals surface area contributed by atoms with E-state index in [1.807, 2.05) is 24.3 Å². The standard InChI is InChI=1S/C20H22N4O4/c1-25-13-7-5-11-17(19(13)27-3)23-15(21-11)9-10-16-22-12-6-8-14(26-2)20(28-4)18(12)24-16/h5-8H,9-10H2,1-4H3,(H,21,23)(H,22,24). The van der Waals surface area contributed by atoms with Crippen molar-refractivity contribution in [2.45, 2.75) is 12.8 Å². The average molecular weight is 382 g/mol. The normalized spacial score (nSPS) is 11.1. The van der Waals surface area contributed by atoms with E-state index >= 15 is 0 Å². The van der Waals surface area contributed by atoms with E-state index in [1.165, 1.54) is 0 Å². The molecule has 0 amide bonds. The molecule has 28 heavy (non-hydrogen) atoms. The quantitative estimate of drug-likeness (QED) is 0.509. The van der Waals surface area contributed by atoms with E-state index in [4.69, 9.17) is 18.9 Å². The lowest BCUT2D eigenvalue weighted by Crippen LogP contribution is -1.95. The third-order valence-electron chi connectivity index (χ3n) is 4.69. The molecule has 0 aliphatic heterocycles. The summed E-state index contributed by atoms with van der Waals surface area (Å²) in [6.45, 7) is 0. The Labute approximate surface area is 161 Å². The Morgan fingerprint density at radius 3 is 1.43 bits per heavy atom. The molecule has 0 atom stereocenters. The van der Waals surface area contributed by atoms with Gasteiger partial charge in [-0.1, -0.05) is 0 Å². The molecule has 2 aromatic heterocycles. The van der Waals surface area contributed by atoms with Crippen molar-refractivity contribution in [1.82, 2.24) is 19.9 Å². The van der Waals surface area contributed by atoms with Crippen molar-refractivity contribution in [2.24, 2.45) is 0 Å². The fraction of sp³-hybridized carbons (Fsp3) is 0.300. The van der Waals surface area contributed by atoms with Crippen LogP contribution in [-0.2, 0) is 12.8 Å². The maximum atomic E-state index is 5.46. The van der Waals surface area contributed by atoms with Crippen molar-refractivity contribution in [3.8, 4) is 23.0 Å². The van der Waals surface area contributed by atoms with E-state index in [-0.39, 0.29) is 0 Å². The second-order valence-corrected chi connectivity index (χ2v) is 6.26. The number of hydrogen-bond donors (Lipinski definition) is 2. The summed E-state index contributed by atoms with van der Waals surface area (Å²) < 4.78 is 21.6. The number of nitrogens with zero attached hydrogens (tertiary/aromatic N) is 2. The van der Waals surface area contributed by atoms with E-state index in [9.17, 15) is 0 Å². The molecule has 0 fully saturated rings. The largest absolute Gasteiger partial charge is 0.493 e. The number of benzene rings is 2. The number of ether oxygens (including phenoxy) is 4. The van der Waals surface area contributed by atoms with Gasteiger partial charge in [-0.3, -0.25) is 0 Å². The number of aromatic nitrogens is 4. The lowest BCUT2D eigenvalue weighted by Gasteiger charge is -2.06. The molecule has 8 heteroatoms. The predicted octanol–water partition coefficient (Wildman–Crippen LogP) is 3.26. The molecular formula is C20H22N4O4. The zero-order valence-corrected chi connectivity index (χ0v) is 16.3. The molecule has 0 bridgehead atoms. The number of hydrogen-bond acceptors (Lipinski definition) is 6. The minimum atomic E-state index is 0.628. The van der Waals surface area contributed by atoms with Crippen molar-refractivity contribution in [3.63, 3.8) is 0 Å². The number of fused-ring (bicyclic) bond motifs is 2. The molecule has 0 unspecified atom stereocenters. The fourth-order valence-corrected chi connectivity index (χ4v) is 3.36. The molecular weight excluding hydrogens is 360 g/mol. The van der Waals surface area contributed by atoms with Gasteiger partial charge in [-0.25, -0.2) is 9.97 Å². The Morgan fingerprint density at radius 2 is 1.07 bits per heavy atom. The zero-order chi connectivity index (χ0) is 19.7. The monoisotopic (exact) mass is 382 g/mol. The summed E-state index contributed by atoms with van der Waals surface area (Å²) in [4.78, 5) is 16.0. The molecule has 4 aromatic rings. The van der Waals surface area contributed by atoms with Crippen LogP contribution in [0.15, 0.2) is 24.3 Å². The molecule has 0 saturated heterocycles. The number of imidazole rings is 2.